The largest absolute Gasteiger partial charge is 0.352 e. The first-order chi connectivity index (χ1) is 11.2. The van der Waals surface area contributed by atoms with Gasteiger partial charge in [0.25, 0.3) is 0 Å². The molecule has 9 heteroatoms. The van der Waals surface area contributed by atoms with Crippen LogP contribution in [0.2, 0.25) is 0 Å². The maximum absolute atomic E-state index is 11.9. The third-order valence-corrected chi connectivity index (χ3v) is 5.15. The number of carbonyl (C=O) groups excluding carboxylic acids is 3. The van der Waals surface area contributed by atoms with Gasteiger partial charge in [0, 0.05) is 24.3 Å². The van der Waals surface area contributed by atoms with Gasteiger partial charge in [-0.15, -0.1) is 0 Å². The lowest BCUT2D eigenvalue weighted by atomic mass is 10.2. The van der Waals surface area contributed by atoms with Crippen molar-refractivity contribution in [1.29, 1.82) is 0 Å². The Bertz CT molecular complexity index is 760. The summed E-state index contributed by atoms with van der Waals surface area (Å²) in [6.45, 7) is 1.37. The number of hydrogen-bond donors (Lipinski definition) is 3. The molecule has 1 aliphatic rings. The van der Waals surface area contributed by atoms with Crippen LogP contribution in [-0.4, -0.2) is 43.7 Å². The van der Waals surface area contributed by atoms with E-state index < -0.39 is 34.1 Å². The molecule has 8 nitrogen and oxygen atoms in total. The lowest BCUT2D eigenvalue weighted by Gasteiger charge is -2.11. The molecule has 2 rings (SSSR count). The van der Waals surface area contributed by atoms with Crippen LogP contribution in [0.15, 0.2) is 24.3 Å². The van der Waals surface area contributed by atoms with E-state index in [2.05, 4.69) is 16.0 Å². The number of nitrogens with one attached hydrogen (secondary N) is 3. The van der Waals surface area contributed by atoms with Crippen LogP contribution in [0.1, 0.15) is 19.8 Å². The minimum Gasteiger partial charge on any atom is -0.352 e. The summed E-state index contributed by atoms with van der Waals surface area (Å²) in [4.78, 5) is 34.7. The predicted octanol–water partition coefficient (Wildman–Crippen LogP) is 0.277. The van der Waals surface area contributed by atoms with Crippen LogP contribution in [0.5, 0.6) is 0 Å². The standard InChI is InChI=1S/C15H19N3O5S/c1-10(19)16-11-3-2-4-12(7-11)17-14(20)8-15(21)18-13-5-6-24(22,23)9-13/h2-4,7,13H,5-6,8-9H2,1H3,(H,16,19)(H,17,20)(H,18,21). The molecule has 0 aromatic heterocycles. The van der Waals surface area contributed by atoms with Crippen molar-refractivity contribution in [2.75, 3.05) is 22.1 Å². The number of rotatable bonds is 5. The Kier molecular flexibility index (Phi) is 5.55. The fourth-order valence-electron chi connectivity index (χ4n) is 2.42. The van der Waals surface area contributed by atoms with Crippen LogP contribution in [-0.2, 0) is 24.2 Å². The summed E-state index contributed by atoms with van der Waals surface area (Å²) >= 11 is 0. The van der Waals surface area contributed by atoms with Gasteiger partial charge in [0.1, 0.15) is 6.42 Å². The van der Waals surface area contributed by atoms with Crippen molar-refractivity contribution in [2.24, 2.45) is 0 Å². The average molecular weight is 353 g/mol. The highest BCUT2D eigenvalue weighted by molar-refractivity contribution is 7.91. The molecule has 24 heavy (non-hydrogen) atoms. The second-order valence-corrected chi connectivity index (χ2v) is 7.88. The molecule has 3 amide bonds. The van der Waals surface area contributed by atoms with E-state index in [1.807, 2.05) is 0 Å². The van der Waals surface area contributed by atoms with Crippen LogP contribution in [0.3, 0.4) is 0 Å². The van der Waals surface area contributed by atoms with E-state index in [0.29, 0.717) is 17.8 Å². The highest BCUT2D eigenvalue weighted by Gasteiger charge is 2.29. The van der Waals surface area contributed by atoms with Crippen molar-refractivity contribution < 1.29 is 22.8 Å². The van der Waals surface area contributed by atoms with E-state index in [-0.39, 0.29) is 17.4 Å². The van der Waals surface area contributed by atoms with Crippen molar-refractivity contribution in [3.05, 3.63) is 24.3 Å². The Labute approximate surface area is 139 Å². The molecule has 0 spiro atoms. The molecule has 1 aliphatic heterocycles. The first-order valence-electron chi connectivity index (χ1n) is 7.41. The number of amides is 3. The molecule has 1 atom stereocenters. The van der Waals surface area contributed by atoms with Crippen molar-refractivity contribution in [1.82, 2.24) is 5.32 Å². The van der Waals surface area contributed by atoms with Crippen molar-refractivity contribution in [2.45, 2.75) is 25.8 Å². The molecule has 0 saturated carbocycles. The van der Waals surface area contributed by atoms with Crippen molar-refractivity contribution in [3.63, 3.8) is 0 Å². The van der Waals surface area contributed by atoms with Gasteiger partial charge < -0.3 is 16.0 Å². The lowest BCUT2D eigenvalue weighted by Crippen LogP contribution is -2.37. The van der Waals surface area contributed by atoms with Crippen LogP contribution in [0, 0.1) is 0 Å². The van der Waals surface area contributed by atoms with E-state index in [1.165, 1.54) is 6.92 Å². The van der Waals surface area contributed by atoms with Gasteiger partial charge in [-0.05, 0) is 24.6 Å². The third-order valence-electron chi connectivity index (χ3n) is 3.39. The Morgan fingerprint density at radius 3 is 2.38 bits per heavy atom. The molecule has 1 aromatic rings. The van der Waals surface area contributed by atoms with Gasteiger partial charge in [-0.1, -0.05) is 6.07 Å². The first kappa shape index (κ1) is 17.9. The summed E-state index contributed by atoms with van der Waals surface area (Å²) in [5.74, 6) is -1.30. The summed E-state index contributed by atoms with van der Waals surface area (Å²) in [5.41, 5.74) is 0.975. The molecule has 1 fully saturated rings. The number of benzene rings is 1. The van der Waals surface area contributed by atoms with E-state index in [9.17, 15) is 22.8 Å². The minimum absolute atomic E-state index is 0.0556. The fraction of sp³-hybridized carbons (Fsp3) is 0.400. The van der Waals surface area contributed by atoms with Crippen molar-refractivity contribution in [3.8, 4) is 0 Å². The van der Waals surface area contributed by atoms with Crippen LogP contribution in [0.4, 0.5) is 11.4 Å². The monoisotopic (exact) mass is 353 g/mol. The van der Waals surface area contributed by atoms with Gasteiger partial charge in [-0.25, -0.2) is 8.42 Å². The molecule has 130 valence electrons. The molecule has 0 aliphatic carbocycles. The van der Waals surface area contributed by atoms with Gasteiger partial charge in [-0.3, -0.25) is 14.4 Å². The van der Waals surface area contributed by atoms with E-state index in [4.69, 9.17) is 0 Å². The fourth-order valence-corrected chi connectivity index (χ4v) is 4.09. The highest BCUT2D eigenvalue weighted by atomic mass is 32.2. The zero-order chi connectivity index (χ0) is 17.7. The Balaban J connectivity index is 1.84. The molecule has 0 bridgehead atoms. The Hall–Kier alpha value is -2.42. The summed E-state index contributed by atoms with van der Waals surface area (Å²) in [6.07, 6.45) is -0.0324. The lowest BCUT2D eigenvalue weighted by molar-refractivity contribution is -0.127. The average Bonchev–Trinajstić information content (AvgIpc) is 2.76. The summed E-state index contributed by atoms with van der Waals surface area (Å²) in [7, 11) is -3.08. The second kappa shape index (κ2) is 7.43. The molecule has 3 N–H and O–H groups in total. The third kappa shape index (κ3) is 5.65. The quantitative estimate of drug-likeness (QED) is 0.656. The summed E-state index contributed by atoms with van der Waals surface area (Å²) < 4.78 is 22.7. The normalized spacial score (nSPS) is 18.6. The zero-order valence-electron chi connectivity index (χ0n) is 13.2. The zero-order valence-corrected chi connectivity index (χ0v) is 14.0. The summed E-state index contributed by atoms with van der Waals surface area (Å²) in [6, 6.07) is 6.10. The van der Waals surface area contributed by atoms with Gasteiger partial charge in [-0.2, -0.15) is 0 Å². The molecule has 1 aromatic carbocycles. The topological polar surface area (TPSA) is 121 Å². The van der Waals surface area contributed by atoms with Crippen LogP contribution >= 0.6 is 0 Å². The van der Waals surface area contributed by atoms with Crippen LogP contribution in [0.25, 0.3) is 0 Å². The number of sulfone groups is 1. The highest BCUT2D eigenvalue weighted by Crippen LogP contribution is 2.15. The summed E-state index contributed by atoms with van der Waals surface area (Å²) in [5, 5.41) is 7.70. The van der Waals surface area contributed by atoms with Gasteiger partial charge >= 0.3 is 0 Å². The van der Waals surface area contributed by atoms with Gasteiger partial charge in [0.2, 0.25) is 17.7 Å². The van der Waals surface area contributed by atoms with Crippen LogP contribution < -0.4 is 16.0 Å². The SMILES string of the molecule is CC(=O)Nc1cccc(NC(=O)CC(=O)NC2CCS(=O)(=O)C2)c1. The van der Waals surface area contributed by atoms with E-state index >= 15 is 0 Å². The van der Waals surface area contributed by atoms with Gasteiger partial charge in [0.05, 0.1) is 11.5 Å². The Morgan fingerprint density at radius 1 is 1.12 bits per heavy atom. The molecular formula is C15H19N3O5S. The van der Waals surface area contributed by atoms with E-state index in [0.717, 1.165) is 0 Å². The number of anilines is 2. The number of hydrogen-bond acceptors (Lipinski definition) is 5. The molecule has 1 unspecified atom stereocenters. The second-order valence-electron chi connectivity index (χ2n) is 5.65. The maximum Gasteiger partial charge on any atom is 0.233 e. The minimum atomic E-state index is -3.08. The first-order valence-corrected chi connectivity index (χ1v) is 9.23. The predicted molar refractivity (Wildman–Crippen MR) is 89.2 cm³/mol. The molecule has 1 saturated heterocycles. The molecular weight excluding hydrogens is 334 g/mol. The number of carbonyl (C=O) groups is 3. The smallest absolute Gasteiger partial charge is 0.233 e. The maximum atomic E-state index is 11.9. The molecule has 1 heterocycles. The van der Waals surface area contributed by atoms with Gasteiger partial charge in [0.15, 0.2) is 9.84 Å². The Morgan fingerprint density at radius 2 is 1.79 bits per heavy atom. The van der Waals surface area contributed by atoms with E-state index in [1.54, 1.807) is 24.3 Å². The van der Waals surface area contributed by atoms with Crippen molar-refractivity contribution >= 4 is 38.9 Å². The molecule has 0 radical (unpaired) electrons.